The highest BCUT2D eigenvalue weighted by Crippen LogP contribution is 2.04. The standard InChI is InChI=1S/C16H30N4O6/c1-7(2)11(17)14(23)18-6-10(22)19-12(8(3)4)15(24)20-13(9(5)21)16(25)26/h7-9,11-13,21H,6,17H2,1-5H3,(H,18,23)(H,19,22)(H,20,24)(H,25,26). The number of hydrogen-bond acceptors (Lipinski definition) is 6. The Labute approximate surface area is 152 Å². The van der Waals surface area contributed by atoms with Crippen molar-refractivity contribution in [2.24, 2.45) is 17.6 Å². The van der Waals surface area contributed by atoms with Crippen molar-refractivity contribution < 1.29 is 29.4 Å². The van der Waals surface area contributed by atoms with Gasteiger partial charge in [-0.1, -0.05) is 27.7 Å². The first kappa shape index (κ1) is 23.8. The molecule has 4 atom stereocenters. The Bertz CT molecular complexity index is 521. The van der Waals surface area contributed by atoms with E-state index in [0.717, 1.165) is 0 Å². The second-order valence-electron chi connectivity index (χ2n) is 6.84. The van der Waals surface area contributed by atoms with Crippen LogP contribution in [0.5, 0.6) is 0 Å². The number of aliphatic carboxylic acids is 1. The van der Waals surface area contributed by atoms with Crippen molar-refractivity contribution in [2.75, 3.05) is 6.54 Å². The van der Waals surface area contributed by atoms with Gasteiger partial charge in [0.2, 0.25) is 17.7 Å². The van der Waals surface area contributed by atoms with Crippen molar-refractivity contribution in [3.63, 3.8) is 0 Å². The summed E-state index contributed by atoms with van der Waals surface area (Å²) in [6.45, 7) is 7.73. The van der Waals surface area contributed by atoms with Gasteiger partial charge < -0.3 is 31.9 Å². The molecule has 0 saturated heterocycles. The van der Waals surface area contributed by atoms with E-state index in [0.29, 0.717) is 0 Å². The molecule has 0 spiro atoms. The normalized spacial score (nSPS) is 15.7. The number of carbonyl (C=O) groups excluding carboxylic acids is 3. The zero-order valence-electron chi connectivity index (χ0n) is 15.8. The molecular weight excluding hydrogens is 344 g/mol. The summed E-state index contributed by atoms with van der Waals surface area (Å²) in [4.78, 5) is 47.1. The fourth-order valence-corrected chi connectivity index (χ4v) is 1.98. The average Bonchev–Trinajstić information content (AvgIpc) is 2.53. The highest BCUT2D eigenvalue weighted by molar-refractivity contribution is 5.92. The van der Waals surface area contributed by atoms with E-state index in [-0.39, 0.29) is 18.4 Å². The molecule has 0 saturated carbocycles. The van der Waals surface area contributed by atoms with Crippen LogP contribution in [-0.4, -0.2) is 64.7 Å². The average molecular weight is 374 g/mol. The van der Waals surface area contributed by atoms with Crippen LogP contribution in [0.4, 0.5) is 0 Å². The number of nitrogens with two attached hydrogens (primary N) is 1. The molecule has 3 amide bonds. The van der Waals surface area contributed by atoms with Crippen molar-refractivity contribution in [1.29, 1.82) is 0 Å². The number of amides is 3. The minimum Gasteiger partial charge on any atom is -0.480 e. The van der Waals surface area contributed by atoms with Gasteiger partial charge in [-0.05, 0) is 18.8 Å². The van der Waals surface area contributed by atoms with Gasteiger partial charge in [0.15, 0.2) is 6.04 Å². The lowest BCUT2D eigenvalue weighted by Gasteiger charge is -2.25. The van der Waals surface area contributed by atoms with Gasteiger partial charge in [0, 0.05) is 0 Å². The van der Waals surface area contributed by atoms with E-state index in [2.05, 4.69) is 16.0 Å². The zero-order chi connectivity index (χ0) is 20.6. The number of hydrogen-bond donors (Lipinski definition) is 6. The van der Waals surface area contributed by atoms with Crippen LogP contribution in [0.2, 0.25) is 0 Å². The van der Waals surface area contributed by atoms with Crippen LogP contribution < -0.4 is 21.7 Å². The van der Waals surface area contributed by atoms with Crippen LogP contribution >= 0.6 is 0 Å². The summed E-state index contributed by atoms with van der Waals surface area (Å²) in [5.74, 6) is -3.69. The Kier molecular flexibility index (Phi) is 9.81. The third-order valence-electron chi connectivity index (χ3n) is 3.76. The first-order chi connectivity index (χ1) is 11.9. The maximum absolute atomic E-state index is 12.3. The predicted molar refractivity (Wildman–Crippen MR) is 93.8 cm³/mol. The number of rotatable bonds is 10. The molecule has 10 nitrogen and oxygen atoms in total. The van der Waals surface area contributed by atoms with E-state index >= 15 is 0 Å². The molecular formula is C16H30N4O6. The minimum absolute atomic E-state index is 0.0966. The summed E-state index contributed by atoms with van der Waals surface area (Å²) >= 11 is 0. The van der Waals surface area contributed by atoms with Gasteiger partial charge in [-0.25, -0.2) is 4.79 Å². The third-order valence-corrected chi connectivity index (χ3v) is 3.76. The lowest BCUT2D eigenvalue weighted by molar-refractivity contribution is -0.145. The molecule has 7 N–H and O–H groups in total. The van der Waals surface area contributed by atoms with Crippen LogP contribution in [0.15, 0.2) is 0 Å². The smallest absolute Gasteiger partial charge is 0.328 e. The predicted octanol–water partition coefficient (Wildman–Crippen LogP) is -1.82. The van der Waals surface area contributed by atoms with E-state index in [4.69, 9.17) is 10.8 Å². The van der Waals surface area contributed by atoms with Crippen molar-refractivity contribution in [3.8, 4) is 0 Å². The van der Waals surface area contributed by atoms with E-state index in [1.54, 1.807) is 27.7 Å². The molecule has 0 fully saturated rings. The number of carbonyl (C=O) groups is 4. The minimum atomic E-state index is -1.50. The number of carboxylic acids is 1. The quantitative estimate of drug-likeness (QED) is 0.261. The van der Waals surface area contributed by atoms with Crippen LogP contribution in [0.1, 0.15) is 34.6 Å². The van der Waals surface area contributed by atoms with Gasteiger partial charge in [-0.15, -0.1) is 0 Å². The molecule has 0 bridgehead atoms. The van der Waals surface area contributed by atoms with E-state index < -0.39 is 47.9 Å². The maximum Gasteiger partial charge on any atom is 0.328 e. The number of carboxylic acid groups (broad SMARTS) is 1. The Morgan fingerprint density at radius 3 is 1.81 bits per heavy atom. The molecule has 0 aliphatic carbocycles. The van der Waals surface area contributed by atoms with Gasteiger partial charge in [0.1, 0.15) is 6.04 Å². The van der Waals surface area contributed by atoms with E-state index in [1.807, 2.05) is 0 Å². The lowest BCUT2D eigenvalue weighted by atomic mass is 10.0. The number of aliphatic hydroxyl groups is 1. The molecule has 0 aliphatic rings. The van der Waals surface area contributed by atoms with Gasteiger partial charge in [0.05, 0.1) is 18.7 Å². The summed E-state index contributed by atoms with van der Waals surface area (Å²) in [5.41, 5.74) is 5.67. The first-order valence-corrected chi connectivity index (χ1v) is 8.42. The second-order valence-corrected chi connectivity index (χ2v) is 6.84. The fourth-order valence-electron chi connectivity index (χ4n) is 1.98. The largest absolute Gasteiger partial charge is 0.480 e. The topological polar surface area (TPSA) is 171 Å². The van der Waals surface area contributed by atoms with Gasteiger partial charge in [0.25, 0.3) is 0 Å². The molecule has 0 aliphatic heterocycles. The molecule has 10 heteroatoms. The molecule has 26 heavy (non-hydrogen) atoms. The van der Waals surface area contributed by atoms with Crippen molar-refractivity contribution in [3.05, 3.63) is 0 Å². The Morgan fingerprint density at radius 2 is 1.42 bits per heavy atom. The number of nitrogens with one attached hydrogen (secondary N) is 3. The van der Waals surface area contributed by atoms with E-state index in [9.17, 15) is 24.3 Å². The lowest BCUT2D eigenvalue weighted by Crippen LogP contribution is -2.57. The molecule has 0 aromatic carbocycles. The Balaban J connectivity index is 4.81. The number of aliphatic hydroxyl groups excluding tert-OH is 1. The van der Waals surface area contributed by atoms with Crippen LogP contribution in [0.3, 0.4) is 0 Å². The molecule has 0 radical (unpaired) electrons. The Morgan fingerprint density at radius 1 is 0.885 bits per heavy atom. The van der Waals surface area contributed by atoms with Gasteiger partial charge >= 0.3 is 5.97 Å². The summed E-state index contributed by atoms with van der Waals surface area (Å²) in [6, 6.07) is -3.28. The van der Waals surface area contributed by atoms with E-state index in [1.165, 1.54) is 6.92 Å². The summed E-state index contributed by atoms with van der Waals surface area (Å²) in [6.07, 6.45) is -1.31. The van der Waals surface area contributed by atoms with Crippen molar-refractivity contribution in [1.82, 2.24) is 16.0 Å². The second kappa shape index (κ2) is 10.7. The molecule has 0 aromatic heterocycles. The SMILES string of the molecule is CC(C)C(N)C(=O)NCC(=O)NC(C(=O)NC(C(=O)O)C(C)O)C(C)C. The monoisotopic (exact) mass is 374 g/mol. The van der Waals surface area contributed by atoms with Gasteiger partial charge in [-0.2, -0.15) is 0 Å². The highest BCUT2D eigenvalue weighted by atomic mass is 16.4. The molecule has 0 heterocycles. The van der Waals surface area contributed by atoms with Crippen molar-refractivity contribution >= 4 is 23.7 Å². The maximum atomic E-state index is 12.3. The first-order valence-electron chi connectivity index (χ1n) is 8.42. The van der Waals surface area contributed by atoms with Crippen molar-refractivity contribution in [2.45, 2.75) is 58.8 Å². The molecule has 150 valence electrons. The summed E-state index contributed by atoms with van der Waals surface area (Å²) in [7, 11) is 0. The van der Waals surface area contributed by atoms with Crippen LogP contribution in [0.25, 0.3) is 0 Å². The third kappa shape index (κ3) is 7.79. The molecule has 4 unspecified atom stereocenters. The fraction of sp³-hybridized carbons (Fsp3) is 0.750. The molecule has 0 rings (SSSR count). The highest BCUT2D eigenvalue weighted by Gasteiger charge is 2.31. The van der Waals surface area contributed by atoms with Crippen LogP contribution in [0, 0.1) is 11.8 Å². The summed E-state index contributed by atoms with van der Waals surface area (Å²) < 4.78 is 0. The van der Waals surface area contributed by atoms with Crippen LogP contribution in [-0.2, 0) is 19.2 Å². The molecule has 0 aromatic rings. The Hall–Kier alpha value is -2.20. The zero-order valence-corrected chi connectivity index (χ0v) is 15.8. The summed E-state index contributed by atoms with van der Waals surface area (Å²) in [5, 5.41) is 25.5. The van der Waals surface area contributed by atoms with Gasteiger partial charge in [-0.3, -0.25) is 14.4 Å².